The van der Waals surface area contributed by atoms with Crippen LogP contribution in [0.1, 0.15) is 36.1 Å². The molecular weight excluding hydrogens is 368 g/mol. The molecule has 1 aromatic heterocycles. The van der Waals surface area contributed by atoms with Gasteiger partial charge < -0.3 is 10.1 Å². The fourth-order valence-corrected chi connectivity index (χ4v) is 3.96. The number of aromatic amines is 1. The molecule has 0 bridgehead atoms. The summed E-state index contributed by atoms with van der Waals surface area (Å²) in [5.41, 5.74) is 5.84. The number of aromatic nitrogens is 2. The molecule has 0 saturated heterocycles. The zero-order valence-corrected chi connectivity index (χ0v) is 17.0. The first-order valence-electron chi connectivity index (χ1n) is 9.59. The summed E-state index contributed by atoms with van der Waals surface area (Å²) < 4.78 is 6.13. The summed E-state index contributed by atoms with van der Waals surface area (Å²) in [7, 11) is 0. The Kier molecular flexibility index (Phi) is 4.53. The lowest BCUT2D eigenvalue weighted by molar-refractivity contribution is -0.386. The number of hydrogen-bond donors (Lipinski definition) is 2. The topological polar surface area (TPSA) is 93.1 Å². The van der Waals surface area contributed by atoms with Crippen molar-refractivity contribution in [2.45, 2.75) is 46.3 Å². The molecule has 0 amide bonds. The maximum atomic E-state index is 11.9. The van der Waals surface area contributed by atoms with Crippen LogP contribution in [-0.2, 0) is 13.0 Å². The maximum Gasteiger partial charge on any atom is 0.278 e. The molecule has 2 aromatic carbocycles. The summed E-state index contributed by atoms with van der Waals surface area (Å²) in [6.45, 7) is 8.08. The number of nitro benzene ring substituents is 1. The standard InChI is InChI=1S/C22H24N4O3/c1-13-14(2)21-17(11-22(3,4)29-21)18(20(13)26(27)28)12-23-16-7-5-15(6-8-16)19-9-10-24-25-19/h5-10,23H,11-12H2,1-4H3,(H,24,25). The molecule has 7 nitrogen and oxygen atoms in total. The summed E-state index contributed by atoms with van der Waals surface area (Å²) in [5, 5.41) is 22.1. The van der Waals surface area contributed by atoms with Crippen molar-refractivity contribution in [3.8, 4) is 17.0 Å². The van der Waals surface area contributed by atoms with Crippen LogP contribution in [-0.4, -0.2) is 20.7 Å². The van der Waals surface area contributed by atoms with Crippen LogP contribution in [0, 0.1) is 24.0 Å². The van der Waals surface area contributed by atoms with Gasteiger partial charge in [0.2, 0.25) is 0 Å². The smallest absolute Gasteiger partial charge is 0.278 e. The Balaban J connectivity index is 1.66. The molecule has 1 aliphatic rings. The number of anilines is 1. The van der Waals surface area contributed by atoms with Crippen molar-refractivity contribution >= 4 is 11.4 Å². The normalized spacial score (nSPS) is 14.3. The third-order valence-corrected chi connectivity index (χ3v) is 5.51. The van der Waals surface area contributed by atoms with E-state index in [4.69, 9.17) is 4.74 Å². The Morgan fingerprint density at radius 2 is 1.93 bits per heavy atom. The Morgan fingerprint density at radius 1 is 1.21 bits per heavy atom. The van der Waals surface area contributed by atoms with Crippen LogP contribution in [0.2, 0.25) is 0 Å². The van der Waals surface area contributed by atoms with Gasteiger partial charge in [-0.3, -0.25) is 15.2 Å². The van der Waals surface area contributed by atoms with E-state index in [-0.39, 0.29) is 16.2 Å². The van der Waals surface area contributed by atoms with E-state index in [1.165, 1.54) is 0 Å². The third kappa shape index (κ3) is 3.44. The lowest BCUT2D eigenvalue weighted by Crippen LogP contribution is -2.25. The summed E-state index contributed by atoms with van der Waals surface area (Å²) in [6.07, 6.45) is 2.37. The number of nitrogens with one attached hydrogen (secondary N) is 2. The minimum absolute atomic E-state index is 0.184. The van der Waals surface area contributed by atoms with Crippen molar-refractivity contribution in [1.82, 2.24) is 10.2 Å². The van der Waals surface area contributed by atoms with Gasteiger partial charge in [0, 0.05) is 41.5 Å². The van der Waals surface area contributed by atoms with Crippen LogP contribution in [0.3, 0.4) is 0 Å². The Bertz CT molecular complexity index is 1070. The summed E-state index contributed by atoms with van der Waals surface area (Å²) in [4.78, 5) is 11.6. The van der Waals surface area contributed by atoms with Gasteiger partial charge in [0.15, 0.2) is 0 Å². The highest BCUT2D eigenvalue weighted by Crippen LogP contribution is 2.45. The first-order valence-corrected chi connectivity index (χ1v) is 9.59. The molecule has 29 heavy (non-hydrogen) atoms. The fraction of sp³-hybridized carbons (Fsp3) is 0.318. The predicted octanol–water partition coefficient (Wildman–Crippen LogP) is 4.93. The van der Waals surface area contributed by atoms with Crippen molar-refractivity contribution in [1.29, 1.82) is 0 Å². The monoisotopic (exact) mass is 392 g/mol. The zero-order chi connectivity index (χ0) is 20.8. The SMILES string of the molecule is Cc1c(C)c([N+](=O)[O-])c(CNc2ccc(-c3ccn[nH]3)cc2)c2c1OC(C)(C)C2. The molecule has 3 aromatic rings. The van der Waals surface area contributed by atoms with Crippen molar-refractivity contribution in [3.05, 3.63) is 68.9 Å². The molecule has 2 N–H and O–H groups in total. The number of nitro groups is 1. The number of fused-ring (bicyclic) bond motifs is 1. The summed E-state index contributed by atoms with van der Waals surface area (Å²) in [6, 6.07) is 9.81. The second-order valence-corrected chi connectivity index (χ2v) is 8.08. The van der Waals surface area contributed by atoms with E-state index >= 15 is 0 Å². The molecule has 0 aliphatic carbocycles. The van der Waals surface area contributed by atoms with E-state index in [0.29, 0.717) is 24.1 Å². The van der Waals surface area contributed by atoms with Crippen LogP contribution in [0.5, 0.6) is 5.75 Å². The molecular formula is C22H24N4O3. The minimum Gasteiger partial charge on any atom is -0.487 e. The van der Waals surface area contributed by atoms with Gasteiger partial charge in [-0.15, -0.1) is 0 Å². The van der Waals surface area contributed by atoms with Gasteiger partial charge in [-0.05, 0) is 51.5 Å². The summed E-state index contributed by atoms with van der Waals surface area (Å²) >= 11 is 0. The van der Waals surface area contributed by atoms with E-state index in [0.717, 1.165) is 33.8 Å². The molecule has 2 heterocycles. The van der Waals surface area contributed by atoms with Crippen LogP contribution in [0.4, 0.5) is 11.4 Å². The van der Waals surface area contributed by atoms with Gasteiger partial charge in [0.1, 0.15) is 11.4 Å². The van der Waals surface area contributed by atoms with E-state index in [1.807, 2.05) is 51.1 Å². The molecule has 4 rings (SSSR count). The average Bonchev–Trinajstić information content (AvgIpc) is 3.31. The summed E-state index contributed by atoms with van der Waals surface area (Å²) in [5.74, 6) is 0.796. The van der Waals surface area contributed by atoms with Crippen molar-refractivity contribution < 1.29 is 9.66 Å². The number of hydrogen-bond acceptors (Lipinski definition) is 5. The Morgan fingerprint density at radius 3 is 2.55 bits per heavy atom. The second-order valence-electron chi connectivity index (χ2n) is 8.08. The van der Waals surface area contributed by atoms with Crippen molar-refractivity contribution in [3.63, 3.8) is 0 Å². The van der Waals surface area contributed by atoms with E-state index in [1.54, 1.807) is 13.1 Å². The van der Waals surface area contributed by atoms with E-state index in [2.05, 4.69) is 15.5 Å². The number of H-pyrrole nitrogens is 1. The first-order chi connectivity index (χ1) is 13.8. The lowest BCUT2D eigenvalue weighted by atomic mass is 9.91. The minimum atomic E-state index is -0.366. The van der Waals surface area contributed by atoms with E-state index < -0.39 is 0 Å². The van der Waals surface area contributed by atoms with Gasteiger partial charge in [0.05, 0.1) is 16.2 Å². The molecule has 0 saturated carbocycles. The highest BCUT2D eigenvalue weighted by atomic mass is 16.6. The Hall–Kier alpha value is -3.35. The van der Waals surface area contributed by atoms with Crippen LogP contribution < -0.4 is 10.1 Å². The first kappa shape index (κ1) is 19.0. The number of ether oxygens (including phenoxy) is 1. The predicted molar refractivity (Wildman–Crippen MR) is 112 cm³/mol. The largest absolute Gasteiger partial charge is 0.487 e. The number of benzene rings is 2. The number of rotatable bonds is 5. The highest BCUT2D eigenvalue weighted by molar-refractivity contribution is 5.66. The van der Waals surface area contributed by atoms with Crippen molar-refractivity contribution in [2.24, 2.45) is 0 Å². The molecule has 1 aliphatic heterocycles. The molecule has 7 heteroatoms. The van der Waals surface area contributed by atoms with E-state index in [9.17, 15) is 10.1 Å². The second kappa shape index (κ2) is 6.92. The fourth-order valence-electron chi connectivity index (χ4n) is 3.96. The lowest BCUT2D eigenvalue weighted by Gasteiger charge is -2.18. The quantitative estimate of drug-likeness (QED) is 0.474. The van der Waals surface area contributed by atoms with Crippen LogP contribution in [0.25, 0.3) is 11.3 Å². The number of nitrogens with zero attached hydrogens (tertiary/aromatic N) is 2. The highest BCUT2D eigenvalue weighted by Gasteiger charge is 2.38. The molecule has 0 radical (unpaired) electrons. The van der Waals surface area contributed by atoms with Gasteiger partial charge in [-0.2, -0.15) is 5.10 Å². The Labute approximate surface area is 169 Å². The average molecular weight is 392 g/mol. The molecule has 150 valence electrons. The van der Waals surface area contributed by atoms with Crippen LogP contribution in [0.15, 0.2) is 36.5 Å². The third-order valence-electron chi connectivity index (χ3n) is 5.51. The van der Waals surface area contributed by atoms with Gasteiger partial charge in [-0.1, -0.05) is 12.1 Å². The van der Waals surface area contributed by atoms with Crippen molar-refractivity contribution in [2.75, 3.05) is 5.32 Å². The molecule has 0 unspecified atom stereocenters. The van der Waals surface area contributed by atoms with Gasteiger partial charge >= 0.3 is 0 Å². The maximum absolute atomic E-state index is 11.9. The van der Waals surface area contributed by atoms with Gasteiger partial charge in [-0.25, -0.2) is 0 Å². The molecule has 0 fully saturated rings. The molecule has 0 spiro atoms. The van der Waals surface area contributed by atoms with Crippen LogP contribution >= 0.6 is 0 Å². The zero-order valence-electron chi connectivity index (χ0n) is 17.0. The van der Waals surface area contributed by atoms with Gasteiger partial charge in [0.25, 0.3) is 5.69 Å². The molecule has 0 atom stereocenters.